The highest BCUT2D eigenvalue weighted by atomic mass is 16.5. The Kier molecular flexibility index (Phi) is 4.58. The minimum atomic E-state index is -0.0785. The summed E-state index contributed by atoms with van der Waals surface area (Å²) in [7, 11) is 0. The average molecular weight is 335 g/mol. The molecule has 4 rings (SSSR count). The second-order valence-corrected chi connectivity index (χ2v) is 7.18. The van der Waals surface area contributed by atoms with E-state index in [9.17, 15) is 4.79 Å². The lowest BCUT2D eigenvalue weighted by atomic mass is 9.78. The Balaban J connectivity index is 1.57. The fraction of sp³-hybridized carbons (Fsp3) is 0.409. The van der Waals surface area contributed by atoms with Gasteiger partial charge in [-0.1, -0.05) is 67.6 Å². The molecule has 1 amide bonds. The molecule has 0 bridgehead atoms. The number of amides is 1. The number of carbonyl (C=O) groups excluding carboxylic acids is 1. The summed E-state index contributed by atoms with van der Waals surface area (Å²) in [5.74, 6) is 0.990. The van der Waals surface area contributed by atoms with Crippen molar-refractivity contribution in [3.05, 3.63) is 71.8 Å². The molecule has 0 N–H and O–H groups in total. The predicted molar refractivity (Wildman–Crippen MR) is 97.8 cm³/mol. The third-order valence-electron chi connectivity index (χ3n) is 5.73. The largest absolute Gasteiger partial charge is 0.355 e. The third-order valence-corrected chi connectivity index (χ3v) is 5.73. The van der Waals surface area contributed by atoms with Crippen LogP contribution in [-0.4, -0.2) is 23.6 Å². The molecule has 2 aliphatic rings. The van der Waals surface area contributed by atoms with Crippen LogP contribution in [0.25, 0.3) is 0 Å². The van der Waals surface area contributed by atoms with Gasteiger partial charge in [-0.25, -0.2) is 0 Å². The molecule has 2 aromatic rings. The van der Waals surface area contributed by atoms with Crippen molar-refractivity contribution in [3.63, 3.8) is 0 Å². The summed E-state index contributed by atoms with van der Waals surface area (Å²) in [6.45, 7) is 2.82. The van der Waals surface area contributed by atoms with Crippen LogP contribution in [0.3, 0.4) is 0 Å². The quantitative estimate of drug-likeness (QED) is 0.838. The van der Waals surface area contributed by atoms with Crippen LogP contribution in [-0.2, 0) is 16.0 Å². The SMILES string of the molecule is CC[C@@H]1[C@H](Cc2ccccc2)CC(=O)N2[C@@H]1OC[C@H]2c1ccccc1. The van der Waals surface area contributed by atoms with Crippen molar-refractivity contribution in [2.24, 2.45) is 11.8 Å². The lowest BCUT2D eigenvalue weighted by molar-refractivity contribution is -0.152. The molecule has 4 atom stereocenters. The van der Waals surface area contributed by atoms with Crippen LogP contribution >= 0.6 is 0 Å². The number of nitrogens with zero attached hydrogens (tertiary/aromatic N) is 1. The maximum absolute atomic E-state index is 13.0. The third kappa shape index (κ3) is 3.09. The first kappa shape index (κ1) is 16.3. The molecule has 0 radical (unpaired) electrons. The summed E-state index contributed by atoms with van der Waals surface area (Å²) in [5, 5.41) is 0. The van der Waals surface area contributed by atoms with E-state index < -0.39 is 0 Å². The Hall–Kier alpha value is -2.13. The van der Waals surface area contributed by atoms with Gasteiger partial charge < -0.3 is 9.64 Å². The number of fused-ring (bicyclic) bond motifs is 1. The van der Waals surface area contributed by atoms with Gasteiger partial charge in [-0.2, -0.15) is 0 Å². The predicted octanol–water partition coefficient (Wildman–Crippen LogP) is 4.20. The molecule has 25 heavy (non-hydrogen) atoms. The average Bonchev–Trinajstić information content (AvgIpc) is 3.09. The van der Waals surface area contributed by atoms with Crippen molar-refractivity contribution >= 4 is 5.91 Å². The maximum Gasteiger partial charge on any atom is 0.225 e. The molecular formula is C22H25NO2. The molecule has 2 heterocycles. The molecule has 3 nitrogen and oxygen atoms in total. The summed E-state index contributed by atoms with van der Waals surface area (Å²) in [6, 6.07) is 20.8. The minimum Gasteiger partial charge on any atom is -0.355 e. The smallest absolute Gasteiger partial charge is 0.225 e. The van der Waals surface area contributed by atoms with Gasteiger partial charge in [-0.05, 0) is 29.9 Å². The standard InChI is InChI=1S/C22H25NO2/c1-2-19-18(13-16-9-5-3-6-10-16)14-21(24)23-20(15-25-22(19)23)17-11-7-4-8-12-17/h3-12,18-20,22H,2,13-15H2,1H3/t18-,19-,20+,22-/m1/s1. The Morgan fingerprint density at radius 3 is 2.40 bits per heavy atom. The van der Waals surface area contributed by atoms with Gasteiger partial charge >= 0.3 is 0 Å². The van der Waals surface area contributed by atoms with Gasteiger partial charge in [0.05, 0.1) is 12.6 Å². The summed E-state index contributed by atoms with van der Waals surface area (Å²) in [6.07, 6.45) is 2.53. The van der Waals surface area contributed by atoms with Gasteiger partial charge in [0.25, 0.3) is 0 Å². The second kappa shape index (κ2) is 7.01. The van der Waals surface area contributed by atoms with Crippen molar-refractivity contribution < 1.29 is 9.53 Å². The molecule has 2 fully saturated rings. The van der Waals surface area contributed by atoms with E-state index >= 15 is 0 Å². The molecule has 0 unspecified atom stereocenters. The number of hydrogen-bond donors (Lipinski definition) is 0. The van der Waals surface area contributed by atoms with Crippen molar-refractivity contribution in [1.82, 2.24) is 4.90 Å². The van der Waals surface area contributed by atoms with Crippen LogP contribution in [0.5, 0.6) is 0 Å². The minimum absolute atomic E-state index is 0.0606. The first-order valence-electron chi connectivity index (χ1n) is 9.29. The number of hydrogen-bond acceptors (Lipinski definition) is 2. The number of ether oxygens (including phenoxy) is 1. The second-order valence-electron chi connectivity index (χ2n) is 7.18. The first-order valence-corrected chi connectivity index (χ1v) is 9.29. The lowest BCUT2D eigenvalue weighted by Gasteiger charge is -2.42. The van der Waals surface area contributed by atoms with E-state index in [-0.39, 0.29) is 18.2 Å². The van der Waals surface area contributed by atoms with Crippen LogP contribution in [0.2, 0.25) is 0 Å². The zero-order chi connectivity index (χ0) is 17.2. The highest BCUT2D eigenvalue weighted by Crippen LogP contribution is 2.43. The lowest BCUT2D eigenvalue weighted by Crippen LogP contribution is -2.50. The van der Waals surface area contributed by atoms with Gasteiger partial charge in [-0.3, -0.25) is 4.79 Å². The molecule has 2 aromatic carbocycles. The summed E-state index contributed by atoms with van der Waals surface area (Å²) in [4.78, 5) is 15.0. The topological polar surface area (TPSA) is 29.5 Å². The van der Waals surface area contributed by atoms with E-state index in [2.05, 4.69) is 43.3 Å². The molecule has 0 aliphatic carbocycles. The molecule has 0 saturated carbocycles. The van der Waals surface area contributed by atoms with E-state index in [0.717, 1.165) is 12.8 Å². The van der Waals surface area contributed by atoms with Crippen LogP contribution in [0.15, 0.2) is 60.7 Å². The van der Waals surface area contributed by atoms with Crippen LogP contribution < -0.4 is 0 Å². The molecule has 3 heteroatoms. The van der Waals surface area contributed by atoms with Crippen LogP contribution in [0, 0.1) is 11.8 Å². The number of benzene rings is 2. The van der Waals surface area contributed by atoms with E-state index in [1.165, 1.54) is 11.1 Å². The summed E-state index contributed by atoms with van der Waals surface area (Å²) < 4.78 is 6.17. The molecule has 2 saturated heterocycles. The normalized spacial score (nSPS) is 28.8. The van der Waals surface area contributed by atoms with E-state index in [4.69, 9.17) is 4.74 Å². The van der Waals surface area contributed by atoms with Crippen LogP contribution in [0.4, 0.5) is 0 Å². The number of rotatable bonds is 4. The zero-order valence-electron chi connectivity index (χ0n) is 14.7. The van der Waals surface area contributed by atoms with Gasteiger partial charge in [0.2, 0.25) is 5.91 Å². The zero-order valence-corrected chi connectivity index (χ0v) is 14.7. The molecule has 130 valence electrons. The van der Waals surface area contributed by atoms with Gasteiger partial charge in [0, 0.05) is 12.3 Å². The van der Waals surface area contributed by atoms with Gasteiger partial charge in [0.15, 0.2) is 0 Å². The molecular weight excluding hydrogens is 310 g/mol. The first-order chi connectivity index (χ1) is 12.3. The monoisotopic (exact) mass is 335 g/mol. The van der Waals surface area contributed by atoms with E-state index in [1.54, 1.807) is 0 Å². The van der Waals surface area contributed by atoms with Crippen molar-refractivity contribution in [2.45, 2.75) is 38.5 Å². The van der Waals surface area contributed by atoms with Gasteiger partial charge in [-0.15, -0.1) is 0 Å². The maximum atomic E-state index is 13.0. The molecule has 2 aliphatic heterocycles. The van der Waals surface area contributed by atoms with Crippen molar-refractivity contribution in [1.29, 1.82) is 0 Å². The Bertz CT molecular complexity index is 715. The fourth-order valence-electron chi connectivity index (χ4n) is 4.49. The fourth-order valence-corrected chi connectivity index (χ4v) is 4.49. The summed E-state index contributed by atoms with van der Waals surface area (Å²) >= 11 is 0. The van der Waals surface area contributed by atoms with E-state index in [0.29, 0.717) is 24.9 Å². The molecule has 0 spiro atoms. The van der Waals surface area contributed by atoms with Crippen molar-refractivity contribution in [3.8, 4) is 0 Å². The molecule has 0 aromatic heterocycles. The Morgan fingerprint density at radius 1 is 1.04 bits per heavy atom. The van der Waals surface area contributed by atoms with Crippen molar-refractivity contribution in [2.75, 3.05) is 6.61 Å². The van der Waals surface area contributed by atoms with E-state index in [1.807, 2.05) is 29.2 Å². The Morgan fingerprint density at radius 2 is 1.72 bits per heavy atom. The Labute approximate surface area is 149 Å². The number of carbonyl (C=O) groups is 1. The van der Waals surface area contributed by atoms with Gasteiger partial charge in [0.1, 0.15) is 6.23 Å². The highest BCUT2D eigenvalue weighted by Gasteiger charge is 2.48. The summed E-state index contributed by atoms with van der Waals surface area (Å²) in [5.41, 5.74) is 2.49. The van der Waals surface area contributed by atoms with Crippen LogP contribution in [0.1, 0.15) is 36.9 Å². The number of piperidine rings is 1. The highest BCUT2D eigenvalue weighted by molar-refractivity contribution is 5.78.